The molecule has 0 N–H and O–H groups in total. The first-order valence-electron chi connectivity index (χ1n) is 9.28. The lowest BCUT2D eigenvalue weighted by atomic mass is 10.2. The molecule has 0 aliphatic carbocycles. The van der Waals surface area contributed by atoms with Gasteiger partial charge < -0.3 is 4.52 Å². The Hall–Kier alpha value is -2.94. The van der Waals surface area contributed by atoms with Gasteiger partial charge >= 0.3 is 0 Å². The van der Waals surface area contributed by atoms with Crippen LogP contribution in [-0.4, -0.2) is 29.7 Å². The zero-order valence-corrected chi connectivity index (χ0v) is 16.4. The van der Waals surface area contributed by atoms with E-state index >= 15 is 0 Å². The van der Waals surface area contributed by atoms with E-state index in [4.69, 9.17) is 9.51 Å². The number of hydrogen-bond acceptors (Lipinski definition) is 8. The highest BCUT2D eigenvalue weighted by Gasteiger charge is 2.23. The minimum atomic E-state index is 0.0310. The van der Waals surface area contributed by atoms with Crippen molar-refractivity contribution in [3.05, 3.63) is 39.7 Å². The van der Waals surface area contributed by atoms with Gasteiger partial charge in [0, 0.05) is 25.4 Å². The fourth-order valence-electron chi connectivity index (χ4n) is 3.53. The van der Waals surface area contributed by atoms with Gasteiger partial charge in [-0.3, -0.25) is 9.36 Å². The van der Waals surface area contributed by atoms with Gasteiger partial charge in [0.05, 0.1) is 10.3 Å². The van der Waals surface area contributed by atoms with E-state index in [-0.39, 0.29) is 5.56 Å². The Labute approximate surface area is 164 Å². The fraction of sp³-hybridized carbons (Fsp3) is 0.368. The van der Waals surface area contributed by atoms with Crippen molar-refractivity contribution in [2.75, 3.05) is 0 Å². The molecule has 4 aromatic heterocycles. The molecule has 5 rings (SSSR count). The first kappa shape index (κ1) is 17.2. The monoisotopic (exact) mass is 394 g/mol. The van der Waals surface area contributed by atoms with Crippen LogP contribution < -0.4 is 5.56 Å². The van der Waals surface area contributed by atoms with E-state index in [0.29, 0.717) is 22.9 Å². The normalized spacial score (nSPS) is 14.2. The number of rotatable bonds is 2. The highest BCUT2D eigenvalue weighted by molar-refractivity contribution is 7.22. The molecule has 1 aliphatic heterocycles. The second-order valence-corrected chi connectivity index (χ2v) is 8.04. The summed E-state index contributed by atoms with van der Waals surface area (Å²) in [6.45, 7) is 4.56. The molecule has 0 unspecified atom stereocenters. The molecule has 142 valence electrons. The van der Waals surface area contributed by atoms with Gasteiger partial charge in [0.25, 0.3) is 11.4 Å². The van der Waals surface area contributed by atoms with E-state index < -0.39 is 0 Å². The Balaban J connectivity index is 1.62. The third-order valence-corrected chi connectivity index (χ3v) is 6.19. The second-order valence-electron chi connectivity index (χ2n) is 7.04. The standard InChI is InChI=1S/C19H18N6O2S/c1-10-8-20-15(21-9-10)16-23-17(27-24-16)14-11(2)13-18(28-14)22-12-6-4-3-5-7-25(12)19(13)26/h8-9H,3-7H2,1-2H3. The molecule has 0 saturated heterocycles. The minimum absolute atomic E-state index is 0.0310. The lowest BCUT2D eigenvalue weighted by Crippen LogP contribution is -2.24. The Morgan fingerprint density at radius 2 is 1.89 bits per heavy atom. The molecule has 4 aromatic rings. The lowest BCUT2D eigenvalue weighted by Gasteiger charge is -2.08. The van der Waals surface area contributed by atoms with Crippen LogP contribution in [0.1, 0.15) is 36.2 Å². The summed E-state index contributed by atoms with van der Waals surface area (Å²) in [6.07, 6.45) is 7.47. The molecule has 0 aromatic carbocycles. The minimum Gasteiger partial charge on any atom is -0.333 e. The van der Waals surface area contributed by atoms with Crippen LogP contribution in [0.25, 0.3) is 32.6 Å². The van der Waals surface area contributed by atoms with Crippen molar-refractivity contribution in [3.63, 3.8) is 0 Å². The Kier molecular flexibility index (Phi) is 4.04. The molecule has 0 bridgehead atoms. The number of aromatic nitrogens is 6. The van der Waals surface area contributed by atoms with Crippen molar-refractivity contribution in [3.8, 4) is 22.4 Å². The fourth-order valence-corrected chi connectivity index (χ4v) is 4.64. The number of aryl methyl sites for hydroxylation is 3. The molecule has 28 heavy (non-hydrogen) atoms. The maximum absolute atomic E-state index is 13.1. The van der Waals surface area contributed by atoms with E-state index in [1.54, 1.807) is 12.4 Å². The SMILES string of the molecule is Cc1cnc(-c2noc(-c3sc4nc5n(c(=O)c4c3C)CCCCC5)n2)nc1. The molecular formula is C19H18N6O2S. The smallest absolute Gasteiger partial charge is 0.268 e. The van der Waals surface area contributed by atoms with Crippen LogP contribution in [0, 0.1) is 13.8 Å². The summed E-state index contributed by atoms with van der Waals surface area (Å²) >= 11 is 1.42. The van der Waals surface area contributed by atoms with Crippen LogP contribution in [0.2, 0.25) is 0 Å². The molecule has 0 amide bonds. The van der Waals surface area contributed by atoms with Crippen LogP contribution in [0.4, 0.5) is 0 Å². The van der Waals surface area contributed by atoms with Crippen LogP contribution in [-0.2, 0) is 13.0 Å². The van der Waals surface area contributed by atoms with Gasteiger partial charge in [-0.15, -0.1) is 11.3 Å². The molecule has 0 radical (unpaired) electrons. The van der Waals surface area contributed by atoms with Crippen LogP contribution >= 0.6 is 11.3 Å². The van der Waals surface area contributed by atoms with E-state index in [9.17, 15) is 4.79 Å². The maximum Gasteiger partial charge on any atom is 0.268 e. The van der Waals surface area contributed by atoms with E-state index in [1.165, 1.54) is 11.3 Å². The zero-order chi connectivity index (χ0) is 19.3. The van der Waals surface area contributed by atoms with Gasteiger partial charge in [-0.2, -0.15) is 4.98 Å². The van der Waals surface area contributed by atoms with Crippen molar-refractivity contribution in [1.29, 1.82) is 0 Å². The maximum atomic E-state index is 13.1. The van der Waals surface area contributed by atoms with Gasteiger partial charge in [-0.1, -0.05) is 11.6 Å². The molecule has 1 aliphatic rings. The van der Waals surface area contributed by atoms with Gasteiger partial charge in [0.2, 0.25) is 11.6 Å². The van der Waals surface area contributed by atoms with Crippen LogP contribution in [0.3, 0.4) is 0 Å². The molecule has 0 atom stereocenters. The third-order valence-electron chi connectivity index (χ3n) is 5.01. The number of fused-ring (bicyclic) bond motifs is 2. The summed E-state index contributed by atoms with van der Waals surface area (Å²) in [4.78, 5) is 32.3. The summed E-state index contributed by atoms with van der Waals surface area (Å²) in [5, 5.41) is 4.66. The molecule has 0 saturated carbocycles. The van der Waals surface area contributed by atoms with Crippen molar-refractivity contribution in [1.82, 2.24) is 29.7 Å². The molecular weight excluding hydrogens is 376 g/mol. The predicted octanol–water partition coefficient (Wildman–Crippen LogP) is 3.31. The predicted molar refractivity (Wildman–Crippen MR) is 105 cm³/mol. The highest BCUT2D eigenvalue weighted by Crippen LogP contribution is 2.35. The van der Waals surface area contributed by atoms with E-state index in [0.717, 1.165) is 58.9 Å². The lowest BCUT2D eigenvalue weighted by molar-refractivity contribution is 0.432. The number of nitrogens with zero attached hydrogens (tertiary/aromatic N) is 6. The first-order valence-corrected chi connectivity index (χ1v) is 10.1. The zero-order valence-electron chi connectivity index (χ0n) is 15.6. The largest absolute Gasteiger partial charge is 0.333 e. The van der Waals surface area contributed by atoms with Gasteiger partial charge in [-0.25, -0.2) is 15.0 Å². The second kappa shape index (κ2) is 6.59. The summed E-state index contributed by atoms with van der Waals surface area (Å²) in [6, 6.07) is 0. The average Bonchev–Trinajstić information content (AvgIpc) is 3.21. The van der Waals surface area contributed by atoms with Crippen molar-refractivity contribution in [2.45, 2.75) is 46.1 Å². The topological polar surface area (TPSA) is 99.6 Å². The molecule has 0 fully saturated rings. The van der Waals surface area contributed by atoms with Gasteiger partial charge in [0.15, 0.2) is 0 Å². The molecule has 8 nitrogen and oxygen atoms in total. The van der Waals surface area contributed by atoms with E-state index in [2.05, 4.69) is 20.1 Å². The summed E-state index contributed by atoms with van der Waals surface area (Å²) < 4.78 is 7.30. The summed E-state index contributed by atoms with van der Waals surface area (Å²) in [5.41, 5.74) is 1.82. The Bertz CT molecular complexity index is 1240. The Morgan fingerprint density at radius 1 is 1.07 bits per heavy atom. The van der Waals surface area contributed by atoms with Crippen LogP contribution in [0.15, 0.2) is 21.7 Å². The number of hydrogen-bond donors (Lipinski definition) is 0. The molecule has 9 heteroatoms. The highest BCUT2D eigenvalue weighted by atomic mass is 32.1. The average molecular weight is 394 g/mol. The summed E-state index contributed by atoms with van der Waals surface area (Å²) in [7, 11) is 0. The quantitative estimate of drug-likeness (QED) is 0.514. The number of thiophene rings is 1. The summed E-state index contributed by atoms with van der Waals surface area (Å²) in [5.74, 6) is 1.97. The Morgan fingerprint density at radius 3 is 2.71 bits per heavy atom. The van der Waals surface area contributed by atoms with Gasteiger partial charge in [0.1, 0.15) is 10.7 Å². The van der Waals surface area contributed by atoms with E-state index in [1.807, 2.05) is 18.4 Å². The third kappa shape index (κ3) is 2.73. The van der Waals surface area contributed by atoms with Crippen molar-refractivity contribution >= 4 is 21.6 Å². The first-order chi connectivity index (χ1) is 13.6. The van der Waals surface area contributed by atoms with Gasteiger partial charge in [-0.05, 0) is 37.8 Å². The molecule has 0 spiro atoms. The van der Waals surface area contributed by atoms with Crippen LogP contribution in [0.5, 0.6) is 0 Å². The van der Waals surface area contributed by atoms with Crippen molar-refractivity contribution < 1.29 is 4.52 Å². The molecule has 5 heterocycles. The van der Waals surface area contributed by atoms with Crippen molar-refractivity contribution in [2.24, 2.45) is 0 Å².